The van der Waals surface area contributed by atoms with Crippen molar-refractivity contribution in [2.24, 2.45) is 0 Å². The van der Waals surface area contributed by atoms with Crippen LogP contribution in [0, 0.1) is 6.92 Å². The van der Waals surface area contributed by atoms with Gasteiger partial charge in [0.15, 0.2) is 5.58 Å². The molecule has 0 amide bonds. The van der Waals surface area contributed by atoms with E-state index < -0.39 is 0 Å². The first-order chi connectivity index (χ1) is 8.63. The van der Waals surface area contributed by atoms with Crippen LogP contribution in [0.1, 0.15) is 5.56 Å². The van der Waals surface area contributed by atoms with Gasteiger partial charge in [0.25, 0.3) is 0 Å². The molecule has 90 valence electrons. The van der Waals surface area contributed by atoms with Gasteiger partial charge in [0.05, 0.1) is 0 Å². The third kappa shape index (κ3) is 1.83. The van der Waals surface area contributed by atoms with E-state index in [1.165, 1.54) is 0 Å². The maximum Gasteiger partial charge on any atom is 0.227 e. The summed E-state index contributed by atoms with van der Waals surface area (Å²) in [6.45, 7) is 1.96. The second-order valence-corrected chi connectivity index (χ2v) is 4.64. The van der Waals surface area contributed by atoms with Crippen LogP contribution in [0.3, 0.4) is 0 Å². The lowest BCUT2D eigenvalue weighted by Crippen LogP contribution is -1.89. The second-order valence-electron chi connectivity index (χ2n) is 4.20. The van der Waals surface area contributed by atoms with E-state index >= 15 is 0 Å². The molecular formula is C14H11ClN2O. The highest BCUT2D eigenvalue weighted by molar-refractivity contribution is 6.31. The number of rotatable bonds is 1. The molecule has 18 heavy (non-hydrogen) atoms. The Balaban J connectivity index is 2.16. The van der Waals surface area contributed by atoms with Gasteiger partial charge in [-0.3, -0.25) is 0 Å². The maximum atomic E-state index is 5.91. The molecule has 0 saturated carbocycles. The molecule has 0 bridgehead atoms. The molecule has 3 rings (SSSR count). The minimum Gasteiger partial charge on any atom is -0.436 e. The Morgan fingerprint density at radius 3 is 2.78 bits per heavy atom. The normalized spacial score (nSPS) is 11.0. The van der Waals surface area contributed by atoms with Crippen LogP contribution in [0.2, 0.25) is 5.02 Å². The molecule has 0 saturated heterocycles. The highest BCUT2D eigenvalue weighted by Crippen LogP contribution is 2.28. The minimum atomic E-state index is 0.555. The van der Waals surface area contributed by atoms with E-state index in [1.54, 1.807) is 12.1 Å². The van der Waals surface area contributed by atoms with E-state index in [0.717, 1.165) is 22.3 Å². The van der Waals surface area contributed by atoms with Crippen LogP contribution in [0.4, 0.5) is 5.69 Å². The number of hydrogen-bond donors (Lipinski definition) is 1. The Morgan fingerprint density at radius 1 is 1.17 bits per heavy atom. The van der Waals surface area contributed by atoms with Crippen molar-refractivity contribution in [1.29, 1.82) is 0 Å². The number of benzene rings is 2. The number of nitrogens with zero attached hydrogens (tertiary/aromatic N) is 1. The Hall–Kier alpha value is -2.00. The molecule has 2 N–H and O–H groups in total. The molecule has 0 fully saturated rings. The molecule has 0 aliphatic heterocycles. The fourth-order valence-corrected chi connectivity index (χ4v) is 1.96. The van der Waals surface area contributed by atoms with Crippen molar-refractivity contribution in [1.82, 2.24) is 4.98 Å². The number of oxazole rings is 1. The zero-order valence-corrected chi connectivity index (χ0v) is 10.5. The average molecular weight is 259 g/mol. The number of hydrogen-bond acceptors (Lipinski definition) is 3. The van der Waals surface area contributed by atoms with E-state index in [4.69, 9.17) is 21.8 Å². The van der Waals surface area contributed by atoms with Gasteiger partial charge in [-0.2, -0.15) is 0 Å². The molecule has 1 heterocycles. The third-order valence-electron chi connectivity index (χ3n) is 2.88. The van der Waals surface area contributed by atoms with Gasteiger partial charge in [-0.15, -0.1) is 0 Å². The van der Waals surface area contributed by atoms with Gasteiger partial charge in [-0.1, -0.05) is 17.7 Å². The molecular weight excluding hydrogens is 248 g/mol. The molecule has 4 heteroatoms. The summed E-state index contributed by atoms with van der Waals surface area (Å²) in [5.74, 6) is 0.555. The SMILES string of the molecule is Cc1ccc(-c2nc3ccc(Cl)cc3o2)cc1N. The molecule has 2 aromatic carbocycles. The van der Waals surface area contributed by atoms with Crippen LogP contribution < -0.4 is 5.73 Å². The lowest BCUT2D eigenvalue weighted by Gasteiger charge is -2.00. The predicted molar refractivity (Wildman–Crippen MR) is 73.6 cm³/mol. The first-order valence-corrected chi connectivity index (χ1v) is 5.94. The molecule has 1 aromatic heterocycles. The molecule has 0 aliphatic carbocycles. The van der Waals surface area contributed by atoms with Gasteiger partial charge < -0.3 is 10.2 Å². The maximum absolute atomic E-state index is 5.91. The number of aromatic nitrogens is 1. The Kier molecular flexibility index (Phi) is 2.49. The largest absolute Gasteiger partial charge is 0.436 e. The standard InChI is InChI=1S/C14H11ClN2O/c1-8-2-3-9(6-11(8)16)14-17-12-5-4-10(15)7-13(12)18-14/h2-7H,16H2,1H3. The molecule has 0 aliphatic rings. The third-order valence-corrected chi connectivity index (χ3v) is 3.11. The summed E-state index contributed by atoms with van der Waals surface area (Å²) in [6.07, 6.45) is 0. The van der Waals surface area contributed by atoms with Crippen molar-refractivity contribution in [2.75, 3.05) is 5.73 Å². The first-order valence-electron chi connectivity index (χ1n) is 5.56. The fourth-order valence-electron chi connectivity index (χ4n) is 1.80. The minimum absolute atomic E-state index is 0.555. The van der Waals surface area contributed by atoms with Gasteiger partial charge in [0, 0.05) is 22.3 Å². The number of nitrogens with two attached hydrogens (primary N) is 1. The van der Waals surface area contributed by atoms with E-state index in [-0.39, 0.29) is 0 Å². The van der Waals surface area contributed by atoms with Crippen LogP contribution >= 0.6 is 11.6 Å². The number of halogens is 1. The van der Waals surface area contributed by atoms with E-state index in [1.807, 2.05) is 31.2 Å². The van der Waals surface area contributed by atoms with Crippen LogP contribution in [0.15, 0.2) is 40.8 Å². The average Bonchev–Trinajstić information content (AvgIpc) is 2.75. The monoisotopic (exact) mass is 258 g/mol. The van der Waals surface area contributed by atoms with Gasteiger partial charge in [0.1, 0.15) is 5.52 Å². The molecule has 3 aromatic rings. The zero-order chi connectivity index (χ0) is 12.7. The quantitative estimate of drug-likeness (QED) is 0.670. The van der Waals surface area contributed by atoms with Crippen molar-refractivity contribution in [3.63, 3.8) is 0 Å². The number of aryl methyl sites for hydroxylation is 1. The second kappa shape index (κ2) is 4.03. The van der Waals surface area contributed by atoms with Crippen LogP contribution in [0.25, 0.3) is 22.6 Å². The van der Waals surface area contributed by atoms with Crippen molar-refractivity contribution in [3.05, 3.63) is 47.0 Å². The lowest BCUT2D eigenvalue weighted by molar-refractivity contribution is 0.620. The van der Waals surface area contributed by atoms with Crippen molar-refractivity contribution < 1.29 is 4.42 Å². The van der Waals surface area contributed by atoms with Crippen LogP contribution in [-0.4, -0.2) is 4.98 Å². The van der Waals surface area contributed by atoms with E-state index in [2.05, 4.69) is 4.98 Å². The Labute approximate surface area is 109 Å². The summed E-state index contributed by atoms with van der Waals surface area (Å²) < 4.78 is 5.68. The smallest absolute Gasteiger partial charge is 0.227 e. The summed E-state index contributed by atoms with van der Waals surface area (Å²) in [6, 6.07) is 11.1. The lowest BCUT2D eigenvalue weighted by atomic mass is 10.1. The number of nitrogen functional groups attached to an aromatic ring is 1. The molecule has 3 nitrogen and oxygen atoms in total. The summed E-state index contributed by atoms with van der Waals surface area (Å²) >= 11 is 5.91. The fraction of sp³-hybridized carbons (Fsp3) is 0.0714. The van der Waals surface area contributed by atoms with Gasteiger partial charge >= 0.3 is 0 Å². The highest BCUT2D eigenvalue weighted by Gasteiger charge is 2.09. The van der Waals surface area contributed by atoms with Crippen LogP contribution in [0.5, 0.6) is 0 Å². The van der Waals surface area contributed by atoms with Crippen molar-refractivity contribution in [2.45, 2.75) is 6.92 Å². The molecule has 0 spiro atoms. The summed E-state index contributed by atoms with van der Waals surface area (Å²) in [5.41, 5.74) is 9.98. The summed E-state index contributed by atoms with van der Waals surface area (Å²) in [7, 11) is 0. The van der Waals surface area contributed by atoms with Crippen molar-refractivity contribution in [3.8, 4) is 11.5 Å². The van der Waals surface area contributed by atoms with Gasteiger partial charge in [-0.25, -0.2) is 4.98 Å². The van der Waals surface area contributed by atoms with Gasteiger partial charge in [0.2, 0.25) is 5.89 Å². The number of fused-ring (bicyclic) bond motifs is 1. The predicted octanol–water partition coefficient (Wildman–Crippen LogP) is 4.04. The van der Waals surface area contributed by atoms with E-state index in [0.29, 0.717) is 16.5 Å². The summed E-state index contributed by atoms with van der Waals surface area (Å²) in [5, 5.41) is 0.633. The van der Waals surface area contributed by atoms with Gasteiger partial charge in [-0.05, 0) is 36.8 Å². The molecule has 0 atom stereocenters. The number of anilines is 1. The molecule has 0 radical (unpaired) electrons. The first kappa shape index (κ1) is 11.1. The topological polar surface area (TPSA) is 52.0 Å². The summed E-state index contributed by atoms with van der Waals surface area (Å²) in [4.78, 5) is 4.41. The highest BCUT2D eigenvalue weighted by atomic mass is 35.5. The zero-order valence-electron chi connectivity index (χ0n) is 9.77. The van der Waals surface area contributed by atoms with Crippen molar-refractivity contribution >= 4 is 28.4 Å². The Morgan fingerprint density at radius 2 is 2.00 bits per heavy atom. The molecule has 0 unspecified atom stereocenters. The Bertz CT molecular complexity index is 734. The van der Waals surface area contributed by atoms with Crippen LogP contribution in [-0.2, 0) is 0 Å². The van der Waals surface area contributed by atoms with E-state index in [9.17, 15) is 0 Å².